The van der Waals surface area contributed by atoms with Gasteiger partial charge in [0.15, 0.2) is 0 Å². The highest BCUT2D eigenvalue weighted by atomic mass is 16.5. The average molecular weight is 441 g/mol. The SMILES string of the molecule is COc1ccc(N[C@H]2c3c(n(C)c(=O)n(C)c3=O)C[C@H]3C(=C(C#N)C#N)C=CC=C[C@H]32)cc1. The number of aromatic nitrogens is 2. The second-order valence-corrected chi connectivity index (χ2v) is 8.10. The maximum Gasteiger partial charge on any atom is 0.330 e. The van der Waals surface area contributed by atoms with E-state index in [0.717, 1.165) is 10.3 Å². The Bertz CT molecular complexity index is 1380. The van der Waals surface area contributed by atoms with E-state index >= 15 is 0 Å². The summed E-state index contributed by atoms with van der Waals surface area (Å²) in [6.45, 7) is 0. The summed E-state index contributed by atoms with van der Waals surface area (Å²) in [5.74, 6) is 0.207. The minimum atomic E-state index is -0.484. The van der Waals surface area contributed by atoms with E-state index in [0.29, 0.717) is 29.0 Å². The van der Waals surface area contributed by atoms with Crippen LogP contribution in [0.2, 0.25) is 0 Å². The predicted octanol–water partition coefficient (Wildman–Crippen LogP) is 2.50. The third kappa shape index (κ3) is 3.66. The summed E-state index contributed by atoms with van der Waals surface area (Å²) in [6, 6.07) is 10.9. The molecule has 2 aromatic rings. The van der Waals surface area contributed by atoms with E-state index < -0.39 is 11.7 Å². The summed E-state index contributed by atoms with van der Waals surface area (Å²) in [5, 5.41) is 22.6. The Labute approximate surface area is 191 Å². The molecule has 0 saturated heterocycles. The van der Waals surface area contributed by atoms with Crippen LogP contribution in [-0.4, -0.2) is 16.2 Å². The van der Waals surface area contributed by atoms with Gasteiger partial charge in [-0.3, -0.25) is 9.36 Å². The maximum absolute atomic E-state index is 13.3. The van der Waals surface area contributed by atoms with Gasteiger partial charge in [-0.2, -0.15) is 10.5 Å². The Hall–Kier alpha value is -4.30. The summed E-state index contributed by atoms with van der Waals surface area (Å²) in [4.78, 5) is 26.0. The first kappa shape index (κ1) is 21.9. The van der Waals surface area contributed by atoms with Gasteiger partial charge in [0.25, 0.3) is 5.56 Å². The monoisotopic (exact) mass is 441 g/mol. The number of nitriles is 2. The molecule has 0 fully saturated rings. The molecule has 166 valence electrons. The molecule has 1 aromatic heterocycles. The number of nitrogens with zero attached hydrogens (tertiary/aromatic N) is 4. The number of ether oxygens (including phenoxy) is 1. The largest absolute Gasteiger partial charge is 0.497 e. The minimum absolute atomic E-state index is 0.0328. The molecule has 1 aromatic carbocycles. The first-order valence-corrected chi connectivity index (χ1v) is 10.5. The van der Waals surface area contributed by atoms with Crippen LogP contribution in [-0.2, 0) is 20.5 Å². The highest BCUT2D eigenvalue weighted by Crippen LogP contribution is 2.44. The third-order valence-corrected chi connectivity index (χ3v) is 6.44. The van der Waals surface area contributed by atoms with Crippen molar-refractivity contribution in [1.29, 1.82) is 10.5 Å². The molecule has 0 unspecified atom stereocenters. The number of fused-ring (bicyclic) bond motifs is 2. The Morgan fingerprint density at radius 2 is 1.79 bits per heavy atom. The van der Waals surface area contributed by atoms with Crippen molar-refractivity contribution in [2.24, 2.45) is 25.9 Å². The van der Waals surface area contributed by atoms with Gasteiger partial charge < -0.3 is 14.6 Å². The van der Waals surface area contributed by atoms with Crippen LogP contribution >= 0.6 is 0 Å². The molecule has 0 radical (unpaired) electrons. The maximum atomic E-state index is 13.3. The summed E-state index contributed by atoms with van der Waals surface area (Å²) in [7, 11) is 4.71. The Balaban J connectivity index is 1.96. The molecule has 2 aliphatic rings. The number of rotatable bonds is 3. The topological polar surface area (TPSA) is 113 Å². The number of nitrogens with one attached hydrogen (secondary N) is 1. The lowest BCUT2D eigenvalue weighted by atomic mass is 9.70. The summed E-state index contributed by atoms with van der Waals surface area (Å²) in [6.07, 6.45) is 7.80. The lowest BCUT2D eigenvalue weighted by molar-refractivity contribution is 0.357. The zero-order valence-electron chi connectivity index (χ0n) is 18.6. The lowest BCUT2D eigenvalue weighted by Crippen LogP contribution is -2.47. The molecule has 1 N–H and O–H groups in total. The van der Waals surface area contributed by atoms with Crippen molar-refractivity contribution in [1.82, 2.24) is 9.13 Å². The molecule has 3 atom stereocenters. The second-order valence-electron chi connectivity index (χ2n) is 8.10. The molecule has 4 rings (SSSR count). The quantitative estimate of drug-likeness (QED) is 0.733. The molecular formula is C25H23N5O3. The Kier molecular flexibility index (Phi) is 5.76. The first-order valence-electron chi connectivity index (χ1n) is 10.5. The van der Waals surface area contributed by atoms with Gasteiger partial charge in [-0.1, -0.05) is 24.3 Å². The number of methoxy groups -OCH3 is 1. The van der Waals surface area contributed by atoms with Gasteiger partial charge in [-0.05, 0) is 42.2 Å². The van der Waals surface area contributed by atoms with Crippen LogP contribution in [0.3, 0.4) is 0 Å². The smallest absolute Gasteiger partial charge is 0.330 e. The Morgan fingerprint density at radius 1 is 1.09 bits per heavy atom. The second kappa shape index (κ2) is 8.68. The summed E-state index contributed by atoms with van der Waals surface area (Å²) in [5.41, 5.74) is 1.77. The average Bonchev–Trinajstić information content (AvgIpc) is 3.05. The zero-order valence-corrected chi connectivity index (χ0v) is 18.6. The molecule has 8 heteroatoms. The standard InChI is InChI=1S/C25H23N5O3/c1-29-21-12-20-18(15(13-26)14-27)6-4-5-7-19(20)23(22(21)24(31)30(2)25(29)32)28-16-8-10-17(33-3)11-9-16/h4-11,19-20,23,28H,12H2,1-3H3/t19-,20+,23-/m1/s1. The predicted molar refractivity (Wildman–Crippen MR) is 123 cm³/mol. The van der Waals surface area contributed by atoms with Crippen LogP contribution in [0.1, 0.15) is 17.3 Å². The molecule has 1 heterocycles. The first-order chi connectivity index (χ1) is 15.9. The molecule has 0 aliphatic heterocycles. The van der Waals surface area contributed by atoms with E-state index in [4.69, 9.17) is 4.74 Å². The zero-order chi connectivity index (χ0) is 23.7. The van der Waals surface area contributed by atoms with Crippen molar-refractivity contribution in [3.63, 3.8) is 0 Å². The number of benzene rings is 1. The molecule has 0 spiro atoms. The van der Waals surface area contributed by atoms with Crippen LogP contribution in [0.4, 0.5) is 5.69 Å². The van der Waals surface area contributed by atoms with E-state index in [9.17, 15) is 20.1 Å². The lowest BCUT2D eigenvalue weighted by Gasteiger charge is -2.39. The Morgan fingerprint density at radius 3 is 2.42 bits per heavy atom. The minimum Gasteiger partial charge on any atom is -0.497 e. The van der Waals surface area contributed by atoms with Crippen molar-refractivity contribution in [2.45, 2.75) is 12.5 Å². The fourth-order valence-electron chi connectivity index (χ4n) is 4.74. The highest BCUT2D eigenvalue weighted by Gasteiger charge is 2.41. The fraction of sp³-hybridized carbons (Fsp3) is 0.280. The number of hydrogen-bond donors (Lipinski definition) is 1. The molecule has 0 amide bonds. The number of anilines is 1. The van der Waals surface area contributed by atoms with Crippen LogP contribution in [0.15, 0.2) is 69.3 Å². The van der Waals surface area contributed by atoms with Crippen molar-refractivity contribution in [3.8, 4) is 17.9 Å². The van der Waals surface area contributed by atoms with Gasteiger partial charge in [-0.25, -0.2) is 4.79 Å². The molecule has 33 heavy (non-hydrogen) atoms. The van der Waals surface area contributed by atoms with Gasteiger partial charge in [0.2, 0.25) is 0 Å². The van der Waals surface area contributed by atoms with Crippen LogP contribution in [0.5, 0.6) is 5.75 Å². The van der Waals surface area contributed by atoms with Crippen LogP contribution in [0.25, 0.3) is 0 Å². The van der Waals surface area contributed by atoms with E-state index in [1.165, 1.54) is 11.6 Å². The van der Waals surface area contributed by atoms with E-state index in [2.05, 4.69) is 5.32 Å². The number of allylic oxidation sites excluding steroid dienone is 5. The van der Waals surface area contributed by atoms with Crippen molar-refractivity contribution in [3.05, 3.63) is 91.8 Å². The van der Waals surface area contributed by atoms with Gasteiger partial charge in [-0.15, -0.1) is 0 Å². The fourth-order valence-corrected chi connectivity index (χ4v) is 4.74. The van der Waals surface area contributed by atoms with Gasteiger partial charge >= 0.3 is 5.69 Å². The summed E-state index contributed by atoms with van der Waals surface area (Å²) < 4.78 is 7.85. The highest BCUT2D eigenvalue weighted by molar-refractivity contribution is 5.53. The van der Waals surface area contributed by atoms with Crippen LogP contribution < -0.4 is 21.3 Å². The normalized spacial score (nSPS) is 20.6. The third-order valence-electron chi connectivity index (χ3n) is 6.44. The van der Waals surface area contributed by atoms with Gasteiger partial charge in [0.05, 0.1) is 18.7 Å². The molecule has 0 bridgehead atoms. The van der Waals surface area contributed by atoms with E-state index in [1.807, 2.05) is 48.6 Å². The van der Waals surface area contributed by atoms with Crippen molar-refractivity contribution < 1.29 is 4.74 Å². The van der Waals surface area contributed by atoms with E-state index in [-0.39, 0.29) is 23.0 Å². The molecule has 0 saturated carbocycles. The van der Waals surface area contributed by atoms with Gasteiger partial charge in [0.1, 0.15) is 23.5 Å². The van der Waals surface area contributed by atoms with Crippen molar-refractivity contribution in [2.75, 3.05) is 12.4 Å². The molecular weight excluding hydrogens is 418 g/mol. The van der Waals surface area contributed by atoms with Gasteiger partial charge in [0, 0.05) is 31.4 Å². The summed E-state index contributed by atoms with van der Waals surface area (Å²) >= 11 is 0. The number of hydrogen-bond acceptors (Lipinski definition) is 6. The van der Waals surface area contributed by atoms with Crippen LogP contribution in [0, 0.1) is 34.5 Å². The molecule has 2 aliphatic carbocycles. The van der Waals surface area contributed by atoms with E-state index in [1.54, 1.807) is 26.3 Å². The van der Waals surface area contributed by atoms with Crippen molar-refractivity contribution >= 4 is 5.69 Å². The molecule has 8 nitrogen and oxygen atoms in total.